The Balaban J connectivity index is 1.55. The third-order valence-corrected chi connectivity index (χ3v) is 6.66. The molecule has 2 aromatic carbocycles. The average molecular weight is 434 g/mol. The fourth-order valence-corrected chi connectivity index (χ4v) is 4.66. The highest BCUT2D eigenvalue weighted by Gasteiger charge is 2.23. The maximum absolute atomic E-state index is 4.69. The molecular weight excluding hydrogens is 402 g/mol. The molecule has 0 aliphatic heterocycles. The van der Waals surface area contributed by atoms with E-state index in [1.54, 1.807) is 0 Å². The summed E-state index contributed by atoms with van der Waals surface area (Å²) in [5.41, 5.74) is 6.43. The molecule has 1 heterocycles. The number of aromatic nitrogens is 3. The Bertz CT molecular complexity index is 1250. The minimum atomic E-state index is 0.200. The maximum Gasteiger partial charge on any atom is 0.168 e. The van der Waals surface area contributed by atoms with E-state index in [-0.39, 0.29) is 5.41 Å². The SMILES string of the molecule is CC(C)(C)C1=CC=C(c2nnc(-c3ccc(C4C=CC=CC4)cc3)n2-c2ccccc2)CC1. The molecule has 0 fully saturated rings. The van der Waals surface area contributed by atoms with E-state index in [2.05, 4.69) is 121 Å². The molecule has 33 heavy (non-hydrogen) atoms. The Labute approximate surface area is 196 Å². The van der Waals surface area contributed by atoms with Crippen LogP contribution in [0.5, 0.6) is 0 Å². The average Bonchev–Trinajstić information content (AvgIpc) is 3.30. The number of rotatable bonds is 4. The number of para-hydroxylation sites is 1. The smallest absolute Gasteiger partial charge is 0.168 e. The van der Waals surface area contributed by atoms with Crippen molar-refractivity contribution in [2.45, 2.75) is 46.0 Å². The quantitative estimate of drug-likeness (QED) is 0.422. The van der Waals surface area contributed by atoms with Crippen LogP contribution in [0.3, 0.4) is 0 Å². The molecule has 0 saturated heterocycles. The van der Waals surface area contributed by atoms with E-state index in [1.807, 2.05) is 6.07 Å². The van der Waals surface area contributed by atoms with Gasteiger partial charge in [-0.05, 0) is 47.9 Å². The van der Waals surface area contributed by atoms with Crippen LogP contribution in [0.4, 0.5) is 0 Å². The van der Waals surface area contributed by atoms with Gasteiger partial charge in [0, 0.05) is 17.2 Å². The monoisotopic (exact) mass is 433 g/mol. The first-order valence-corrected chi connectivity index (χ1v) is 11.9. The van der Waals surface area contributed by atoms with Gasteiger partial charge in [-0.2, -0.15) is 0 Å². The topological polar surface area (TPSA) is 30.7 Å². The predicted octanol–water partition coefficient (Wildman–Crippen LogP) is 7.68. The molecule has 3 heteroatoms. The zero-order valence-corrected chi connectivity index (χ0v) is 19.7. The van der Waals surface area contributed by atoms with Gasteiger partial charge in [-0.1, -0.05) is 105 Å². The Morgan fingerprint density at radius 3 is 2.21 bits per heavy atom. The van der Waals surface area contributed by atoms with Crippen molar-refractivity contribution >= 4 is 5.57 Å². The molecule has 3 aromatic rings. The van der Waals surface area contributed by atoms with E-state index >= 15 is 0 Å². The molecule has 3 nitrogen and oxygen atoms in total. The molecule has 166 valence electrons. The second kappa shape index (κ2) is 8.82. The summed E-state index contributed by atoms with van der Waals surface area (Å²) in [5, 5.41) is 9.36. The molecule has 0 amide bonds. The van der Waals surface area contributed by atoms with Crippen molar-refractivity contribution in [3.05, 3.63) is 108 Å². The van der Waals surface area contributed by atoms with Crippen LogP contribution in [0.2, 0.25) is 0 Å². The first kappa shape index (κ1) is 21.4. The molecular formula is C30H31N3. The largest absolute Gasteiger partial charge is 0.275 e. The predicted molar refractivity (Wildman–Crippen MR) is 137 cm³/mol. The van der Waals surface area contributed by atoms with E-state index < -0.39 is 0 Å². The van der Waals surface area contributed by atoms with Crippen molar-refractivity contribution < 1.29 is 0 Å². The lowest BCUT2D eigenvalue weighted by Crippen LogP contribution is -2.12. The second-order valence-electron chi connectivity index (χ2n) is 9.93. The van der Waals surface area contributed by atoms with Crippen LogP contribution in [-0.2, 0) is 0 Å². The van der Waals surface area contributed by atoms with Gasteiger partial charge in [-0.3, -0.25) is 4.57 Å². The fraction of sp³-hybridized carbons (Fsp3) is 0.267. The van der Waals surface area contributed by atoms with Crippen LogP contribution in [0.1, 0.15) is 57.3 Å². The van der Waals surface area contributed by atoms with Gasteiger partial charge in [0.25, 0.3) is 0 Å². The van der Waals surface area contributed by atoms with Crippen molar-refractivity contribution in [3.8, 4) is 17.1 Å². The van der Waals surface area contributed by atoms with Gasteiger partial charge in [0.2, 0.25) is 0 Å². The van der Waals surface area contributed by atoms with Crippen LogP contribution in [-0.4, -0.2) is 14.8 Å². The summed E-state index contributed by atoms with van der Waals surface area (Å²) in [6.45, 7) is 6.85. The van der Waals surface area contributed by atoms with Gasteiger partial charge in [-0.15, -0.1) is 10.2 Å². The van der Waals surface area contributed by atoms with Crippen molar-refractivity contribution in [3.63, 3.8) is 0 Å². The van der Waals surface area contributed by atoms with E-state index in [4.69, 9.17) is 0 Å². The number of allylic oxidation sites excluding steroid dienone is 8. The van der Waals surface area contributed by atoms with Crippen LogP contribution in [0, 0.1) is 5.41 Å². The second-order valence-corrected chi connectivity index (χ2v) is 9.93. The zero-order valence-electron chi connectivity index (χ0n) is 19.7. The highest BCUT2D eigenvalue weighted by atomic mass is 15.3. The van der Waals surface area contributed by atoms with Gasteiger partial charge < -0.3 is 0 Å². The van der Waals surface area contributed by atoms with Crippen molar-refractivity contribution in [1.82, 2.24) is 14.8 Å². The Morgan fingerprint density at radius 1 is 0.818 bits per heavy atom. The molecule has 1 unspecified atom stereocenters. The maximum atomic E-state index is 4.69. The highest BCUT2D eigenvalue weighted by Crippen LogP contribution is 2.37. The van der Waals surface area contributed by atoms with Crippen LogP contribution < -0.4 is 0 Å². The lowest BCUT2D eigenvalue weighted by atomic mass is 9.80. The first-order chi connectivity index (χ1) is 16.0. The third kappa shape index (κ3) is 4.41. The van der Waals surface area contributed by atoms with Gasteiger partial charge >= 0.3 is 0 Å². The van der Waals surface area contributed by atoms with Crippen LogP contribution in [0.25, 0.3) is 22.6 Å². The van der Waals surface area contributed by atoms with E-state index in [1.165, 1.54) is 16.7 Å². The van der Waals surface area contributed by atoms with Gasteiger partial charge in [-0.25, -0.2) is 0 Å². The van der Waals surface area contributed by atoms with Crippen molar-refractivity contribution in [2.75, 3.05) is 0 Å². The minimum absolute atomic E-state index is 0.200. The first-order valence-electron chi connectivity index (χ1n) is 11.9. The molecule has 0 saturated carbocycles. The fourth-order valence-electron chi connectivity index (χ4n) is 4.66. The molecule has 5 rings (SSSR count). The molecule has 1 aromatic heterocycles. The molecule has 0 spiro atoms. The molecule has 0 radical (unpaired) electrons. The lowest BCUT2D eigenvalue weighted by Gasteiger charge is -2.26. The third-order valence-electron chi connectivity index (χ3n) is 6.66. The number of nitrogens with zero attached hydrogens (tertiary/aromatic N) is 3. The van der Waals surface area contributed by atoms with Crippen LogP contribution >= 0.6 is 0 Å². The number of hydrogen-bond acceptors (Lipinski definition) is 2. The molecule has 0 bridgehead atoms. The van der Waals surface area contributed by atoms with Gasteiger partial charge in [0.1, 0.15) is 0 Å². The summed E-state index contributed by atoms with van der Waals surface area (Å²) in [7, 11) is 0. The van der Waals surface area contributed by atoms with Crippen molar-refractivity contribution in [1.29, 1.82) is 0 Å². The summed E-state index contributed by atoms with van der Waals surface area (Å²) in [6.07, 6.45) is 16.4. The molecule has 0 N–H and O–H groups in total. The number of hydrogen-bond donors (Lipinski definition) is 0. The molecule has 1 atom stereocenters. The van der Waals surface area contributed by atoms with E-state index in [9.17, 15) is 0 Å². The summed E-state index contributed by atoms with van der Waals surface area (Å²) < 4.78 is 2.21. The highest BCUT2D eigenvalue weighted by molar-refractivity contribution is 5.70. The number of benzene rings is 2. The van der Waals surface area contributed by atoms with Crippen molar-refractivity contribution in [2.24, 2.45) is 5.41 Å². The Hall–Kier alpha value is -3.46. The zero-order chi connectivity index (χ0) is 22.8. The summed E-state index contributed by atoms with van der Waals surface area (Å²) in [5.74, 6) is 2.26. The normalized spacial score (nSPS) is 18.2. The van der Waals surface area contributed by atoms with Gasteiger partial charge in [0.05, 0.1) is 0 Å². The van der Waals surface area contributed by atoms with E-state index in [0.717, 1.165) is 42.2 Å². The van der Waals surface area contributed by atoms with E-state index in [0.29, 0.717) is 5.92 Å². The molecule has 2 aliphatic carbocycles. The summed E-state index contributed by atoms with van der Waals surface area (Å²) in [6, 6.07) is 19.3. The lowest BCUT2D eigenvalue weighted by molar-refractivity contribution is 0.482. The standard InChI is InChI=1S/C30H31N3/c1-30(2,3)26-20-18-25(19-21-26)29-32-31-28(33(29)27-12-8-5-9-13-27)24-16-14-23(15-17-24)22-10-6-4-7-11-22/h4-10,12-18,20,22H,11,19,21H2,1-3H3. The summed E-state index contributed by atoms with van der Waals surface area (Å²) in [4.78, 5) is 0. The van der Waals surface area contributed by atoms with Crippen LogP contribution in [0.15, 0.2) is 96.6 Å². The van der Waals surface area contributed by atoms with Gasteiger partial charge in [0.15, 0.2) is 11.6 Å². The Kier molecular flexibility index (Phi) is 5.72. The summed E-state index contributed by atoms with van der Waals surface area (Å²) >= 11 is 0. The minimum Gasteiger partial charge on any atom is -0.275 e. The Morgan fingerprint density at radius 2 is 1.58 bits per heavy atom. The molecule has 2 aliphatic rings.